The van der Waals surface area contributed by atoms with Crippen LogP contribution in [0.25, 0.3) is 11.1 Å². The van der Waals surface area contributed by atoms with E-state index in [-0.39, 0.29) is 6.61 Å². The molecule has 2 N–H and O–H groups in total. The summed E-state index contributed by atoms with van der Waals surface area (Å²) in [6.45, 7) is 3.47. The van der Waals surface area contributed by atoms with Gasteiger partial charge in [0.1, 0.15) is 11.5 Å². The van der Waals surface area contributed by atoms with Crippen LogP contribution in [0.3, 0.4) is 0 Å². The van der Waals surface area contributed by atoms with Gasteiger partial charge in [-0.2, -0.15) is 0 Å². The van der Waals surface area contributed by atoms with Gasteiger partial charge in [0.05, 0.1) is 0 Å². The zero-order valence-corrected chi connectivity index (χ0v) is 17.6. The van der Waals surface area contributed by atoms with E-state index >= 15 is 0 Å². The Morgan fingerprint density at radius 1 is 0.806 bits per heavy atom. The Labute approximate surface area is 182 Å². The summed E-state index contributed by atoms with van der Waals surface area (Å²) in [4.78, 5) is 24.1. The first-order chi connectivity index (χ1) is 15.0. The topological polar surface area (TPSA) is 76.7 Å². The Morgan fingerprint density at radius 2 is 1.42 bits per heavy atom. The molecule has 0 spiro atoms. The maximum Gasteiger partial charge on any atom is 0.279 e. The maximum atomic E-state index is 12.2. The lowest BCUT2D eigenvalue weighted by Gasteiger charge is -2.15. The molecule has 6 nitrogen and oxygen atoms in total. The predicted octanol–water partition coefficient (Wildman–Crippen LogP) is 3.91. The molecule has 3 aromatic carbocycles. The van der Waals surface area contributed by atoms with Gasteiger partial charge in [-0.15, -0.1) is 0 Å². The lowest BCUT2D eigenvalue weighted by molar-refractivity contribution is -0.133. The molecule has 0 aliphatic carbocycles. The van der Waals surface area contributed by atoms with Gasteiger partial charge in [-0.1, -0.05) is 61.5 Å². The third kappa shape index (κ3) is 6.60. The third-order valence-corrected chi connectivity index (χ3v) is 4.67. The predicted molar refractivity (Wildman–Crippen MR) is 120 cm³/mol. The minimum Gasteiger partial charge on any atom is -0.484 e. The van der Waals surface area contributed by atoms with Crippen LogP contribution in [-0.4, -0.2) is 24.5 Å². The second-order valence-electron chi connectivity index (χ2n) is 6.97. The number of carbonyl (C=O) groups is 2. The van der Waals surface area contributed by atoms with Crippen LogP contribution in [0.5, 0.6) is 11.5 Å². The van der Waals surface area contributed by atoms with Crippen molar-refractivity contribution < 1.29 is 19.1 Å². The summed E-state index contributed by atoms with van der Waals surface area (Å²) in [5, 5.41) is 0. The second-order valence-corrected chi connectivity index (χ2v) is 6.97. The van der Waals surface area contributed by atoms with Crippen molar-refractivity contribution in [2.45, 2.75) is 26.4 Å². The molecule has 0 bridgehead atoms. The molecule has 0 aliphatic heterocycles. The summed E-state index contributed by atoms with van der Waals surface area (Å²) < 4.78 is 11.1. The Bertz CT molecular complexity index is 986. The molecule has 2 amide bonds. The summed E-state index contributed by atoms with van der Waals surface area (Å²) in [6.07, 6.45) is 0.148. The number of rotatable bonds is 8. The van der Waals surface area contributed by atoms with Crippen molar-refractivity contribution in [1.29, 1.82) is 0 Å². The quantitative estimate of drug-likeness (QED) is 0.544. The molecule has 3 rings (SSSR count). The van der Waals surface area contributed by atoms with E-state index in [1.807, 2.05) is 78.9 Å². The van der Waals surface area contributed by atoms with E-state index in [0.29, 0.717) is 11.5 Å². The third-order valence-electron chi connectivity index (χ3n) is 4.67. The Morgan fingerprint density at radius 3 is 2.06 bits per heavy atom. The number of hydrogen-bond donors (Lipinski definition) is 2. The van der Waals surface area contributed by atoms with Crippen molar-refractivity contribution in [3.8, 4) is 22.6 Å². The van der Waals surface area contributed by atoms with Gasteiger partial charge in [0.2, 0.25) is 0 Å². The van der Waals surface area contributed by atoms with Crippen LogP contribution >= 0.6 is 0 Å². The second kappa shape index (κ2) is 10.8. The fourth-order valence-corrected chi connectivity index (χ4v) is 2.85. The molecule has 3 aromatic rings. The number of hydrogen-bond acceptors (Lipinski definition) is 4. The Kier molecular flexibility index (Phi) is 7.65. The summed E-state index contributed by atoms with van der Waals surface area (Å²) >= 11 is 0. The van der Waals surface area contributed by atoms with E-state index in [2.05, 4.69) is 17.8 Å². The van der Waals surface area contributed by atoms with Crippen LogP contribution in [0.2, 0.25) is 0 Å². The normalized spacial score (nSPS) is 11.3. The van der Waals surface area contributed by atoms with E-state index in [4.69, 9.17) is 9.47 Å². The van der Waals surface area contributed by atoms with E-state index in [1.165, 1.54) is 5.56 Å². The average Bonchev–Trinajstić information content (AvgIpc) is 2.82. The molecule has 0 aliphatic rings. The largest absolute Gasteiger partial charge is 0.484 e. The molecule has 0 heterocycles. The van der Waals surface area contributed by atoms with Crippen molar-refractivity contribution in [1.82, 2.24) is 10.9 Å². The van der Waals surface area contributed by atoms with Gasteiger partial charge < -0.3 is 9.47 Å². The van der Waals surface area contributed by atoms with Crippen LogP contribution in [0, 0.1) is 0 Å². The minimum absolute atomic E-state index is 0.206. The summed E-state index contributed by atoms with van der Waals surface area (Å²) in [5.74, 6) is 0.224. The van der Waals surface area contributed by atoms with Gasteiger partial charge >= 0.3 is 0 Å². The first kappa shape index (κ1) is 21.9. The van der Waals surface area contributed by atoms with Crippen molar-refractivity contribution in [3.05, 3.63) is 84.4 Å². The molecule has 0 saturated heterocycles. The molecule has 1 unspecified atom stereocenters. The molecule has 0 saturated carbocycles. The molecule has 31 heavy (non-hydrogen) atoms. The first-order valence-electron chi connectivity index (χ1n) is 10.2. The number of nitrogens with one attached hydrogen (secondary N) is 2. The SMILES string of the molecule is CCc1ccc(OCC(=O)NNC(=O)C(C)Oc2ccc(-c3ccccc3)cc2)cc1. The molecular weight excluding hydrogens is 392 g/mol. The smallest absolute Gasteiger partial charge is 0.279 e. The molecule has 0 radical (unpaired) electrons. The zero-order chi connectivity index (χ0) is 22.1. The number of carbonyl (C=O) groups excluding carboxylic acids is 2. The van der Waals surface area contributed by atoms with Crippen molar-refractivity contribution in [2.75, 3.05) is 6.61 Å². The molecular formula is C25H26N2O4. The van der Waals surface area contributed by atoms with Gasteiger partial charge in [-0.25, -0.2) is 0 Å². The first-order valence-corrected chi connectivity index (χ1v) is 10.2. The summed E-state index contributed by atoms with van der Waals surface area (Å²) in [7, 11) is 0. The van der Waals surface area contributed by atoms with E-state index in [0.717, 1.165) is 17.5 Å². The summed E-state index contributed by atoms with van der Waals surface area (Å²) in [5.41, 5.74) is 8.03. The van der Waals surface area contributed by atoms with Gasteiger partial charge in [-0.05, 0) is 54.3 Å². The highest BCUT2D eigenvalue weighted by atomic mass is 16.5. The van der Waals surface area contributed by atoms with Crippen molar-refractivity contribution >= 4 is 11.8 Å². The van der Waals surface area contributed by atoms with Crippen LogP contribution in [0.1, 0.15) is 19.4 Å². The molecule has 160 valence electrons. The fraction of sp³-hybridized carbons (Fsp3) is 0.200. The molecule has 1 atom stereocenters. The highest BCUT2D eigenvalue weighted by Gasteiger charge is 2.15. The van der Waals surface area contributed by atoms with Gasteiger partial charge in [0.15, 0.2) is 12.7 Å². The van der Waals surface area contributed by atoms with Gasteiger partial charge in [0, 0.05) is 0 Å². The van der Waals surface area contributed by atoms with Gasteiger partial charge in [-0.3, -0.25) is 20.4 Å². The maximum absolute atomic E-state index is 12.2. The standard InChI is InChI=1S/C25H26N2O4/c1-3-19-9-13-22(14-10-19)30-17-24(28)26-27-25(29)18(2)31-23-15-11-21(12-16-23)20-7-5-4-6-8-20/h4-16,18H,3,17H2,1-2H3,(H,26,28)(H,27,29). The highest BCUT2D eigenvalue weighted by Crippen LogP contribution is 2.22. The summed E-state index contributed by atoms with van der Waals surface area (Å²) in [6, 6.07) is 25.0. The number of benzene rings is 3. The molecule has 0 fully saturated rings. The monoisotopic (exact) mass is 418 g/mol. The zero-order valence-electron chi connectivity index (χ0n) is 17.6. The van der Waals surface area contributed by atoms with E-state index in [1.54, 1.807) is 6.92 Å². The van der Waals surface area contributed by atoms with Crippen LogP contribution in [0.15, 0.2) is 78.9 Å². The minimum atomic E-state index is -0.787. The lowest BCUT2D eigenvalue weighted by atomic mass is 10.1. The fourth-order valence-electron chi connectivity index (χ4n) is 2.85. The lowest BCUT2D eigenvalue weighted by Crippen LogP contribution is -2.48. The number of ether oxygens (including phenoxy) is 2. The number of hydrazine groups is 1. The highest BCUT2D eigenvalue weighted by molar-refractivity contribution is 5.85. The number of amides is 2. The van der Waals surface area contributed by atoms with Crippen molar-refractivity contribution in [3.63, 3.8) is 0 Å². The average molecular weight is 418 g/mol. The van der Waals surface area contributed by atoms with Crippen LogP contribution < -0.4 is 20.3 Å². The van der Waals surface area contributed by atoms with E-state index < -0.39 is 17.9 Å². The van der Waals surface area contributed by atoms with E-state index in [9.17, 15) is 9.59 Å². The Hall–Kier alpha value is -3.80. The number of aryl methyl sites for hydroxylation is 1. The Balaban J connectivity index is 1.42. The molecule has 0 aromatic heterocycles. The van der Waals surface area contributed by atoms with Crippen LogP contribution in [-0.2, 0) is 16.0 Å². The van der Waals surface area contributed by atoms with Crippen LogP contribution in [0.4, 0.5) is 0 Å². The molecule has 6 heteroatoms. The van der Waals surface area contributed by atoms with Gasteiger partial charge in [0.25, 0.3) is 11.8 Å². The van der Waals surface area contributed by atoms with Crippen molar-refractivity contribution in [2.24, 2.45) is 0 Å².